The number of aromatic amines is 1. The third-order valence-electron chi connectivity index (χ3n) is 2.78. The number of nitrogens with two attached hydrogens (primary N) is 1. The lowest BCUT2D eigenvalue weighted by Gasteiger charge is -2.04. The number of carbonyl (C=O) groups is 1. The van der Waals surface area contributed by atoms with Crippen LogP contribution in [0.3, 0.4) is 0 Å². The van der Waals surface area contributed by atoms with Gasteiger partial charge >= 0.3 is 0 Å². The van der Waals surface area contributed by atoms with Gasteiger partial charge in [-0.05, 0) is 12.1 Å². The number of hydrogen-bond donors (Lipinski definition) is 4. The molecule has 1 atom stereocenters. The van der Waals surface area contributed by atoms with Gasteiger partial charge in [-0.15, -0.1) is 0 Å². The number of aromatic nitrogens is 2. The Balaban J connectivity index is 1.91. The molecule has 1 unspecified atom stereocenters. The summed E-state index contributed by atoms with van der Waals surface area (Å²) in [6.45, 7) is 0. The number of aliphatic hydroxyl groups is 1. The lowest BCUT2D eigenvalue weighted by atomic mass is 10.1. The first-order chi connectivity index (χ1) is 9.52. The van der Waals surface area contributed by atoms with Gasteiger partial charge in [-0.2, -0.15) is 0 Å². The van der Waals surface area contributed by atoms with Crippen LogP contribution < -0.4 is 16.6 Å². The van der Waals surface area contributed by atoms with Crippen LogP contribution in [0.2, 0.25) is 0 Å². The maximum atomic E-state index is 11.3. The molecule has 5 N–H and O–H groups in total. The third kappa shape index (κ3) is 2.26. The first-order valence-electron chi connectivity index (χ1n) is 5.70. The quantitative estimate of drug-likeness (QED) is 0.597. The molecule has 8 heteroatoms. The summed E-state index contributed by atoms with van der Waals surface area (Å²) in [6, 6.07) is 6.29. The average Bonchev–Trinajstić information content (AvgIpc) is 2.63. The van der Waals surface area contributed by atoms with Gasteiger partial charge in [0.1, 0.15) is 5.82 Å². The van der Waals surface area contributed by atoms with Crippen molar-refractivity contribution in [2.24, 2.45) is 0 Å². The minimum Gasteiger partial charge on any atom is -0.383 e. The van der Waals surface area contributed by atoms with Crippen molar-refractivity contribution in [3.05, 3.63) is 40.2 Å². The van der Waals surface area contributed by atoms with E-state index in [0.717, 1.165) is 4.90 Å². The van der Waals surface area contributed by atoms with E-state index < -0.39 is 12.0 Å². The van der Waals surface area contributed by atoms with E-state index in [1.807, 2.05) is 0 Å². The Morgan fingerprint density at radius 1 is 1.30 bits per heavy atom. The number of rotatable bonds is 2. The molecule has 0 radical (unpaired) electrons. The van der Waals surface area contributed by atoms with Crippen LogP contribution in [0, 0.1) is 0 Å². The summed E-state index contributed by atoms with van der Waals surface area (Å²) in [4.78, 5) is 30.0. The Bertz CT molecular complexity index is 759. The van der Waals surface area contributed by atoms with E-state index in [4.69, 9.17) is 5.73 Å². The van der Waals surface area contributed by atoms with Crippen molar-refractivity contribution in [3.63, 3.8) is 0 Å². The summed E-state index contributed by atoms with van der Waals surface area (Å²) in [5, 5.41) is 12.5. The second-order valence-corrected chi connectivity index (χ2v) is 5.28. The van der Waals surface area contributed by atoms with E-state index in [-0.39, 0.29) is 11.4 Å². The fraction of sp³-hybridized carbons (Fsp3) is 0.0833. The monoisotopic (exact) mass is 290 g/mol. The predicted octanol–water partition coefficient (Wildman–Crippen LogP) is 0.489. The Morgan fingerprint density at radius 2 is 2.10 bits per heavy atom. The molecule has 0 saturated heterocycles. The van der Waals surface area contributed by atoms with E-state index in [1.165, 1.54) is 17.8 Å². The van der Waals surface area contributed by atoms with Crippen molar-refractivity contribution in [2.75, 3.05) is 11.1 Å². The summed E-state index contributed by atoms with van der Waals surface area (Å²) >= 11 is 1.20. The number of fused-ring (bicyclic) bond motifs is 1. The molecule has 1 aliphatic rings. The number of nitrogens with zero attached hydrogens (tertiary/aromatic N) is 1. The highest BCUT2D eigenvalue weighted by atomic mass is 32.2. The number of anilines is 2. The van der Waals surface area contributed by atoms with Crippen molar-refractivity contribution in [1.29, 1.82) is 0 Å². The van der Waals surface area contributed by atoms with Crippen molar-refractivity contribution in [3.8, 4) is 0 Å². The number of nitrogens with one attached hydrogen (secondary N) is 2. The molecule has 1 aromatic carbocycles. The molecule has 3 rings (SSSR count). The number of carbonyl (C=O) groups excluding carboxylic acids is 1. The number of aliphatic hydroxyl groups excluding tert-OH is 1. The van der Waals surface area contributed by atoms with Gasteiger partial charge in [0, 0.05) is 22.2 Å². The van der Waals surface area contributed by atoms with E-state index >= 15 is 0 Å². The molecular weight excluding hydrogens is 280 g/mol. The van der Waals surface area contributed by atoms with Crippen molar-refractivity contribution >= 4 is 29.2 Å². The molecule has 0 aliphatic carbocycles. The van der Waals surface area contributed by atoms with Gasteiger partial charge in [0.25, 0.3) is 11.5 Å². The van der Waals surface area contributed by atoms with Gasteiger partial charge in [0.2, 0.25) is 0 Å². The summed E-state index contributed by atoms with van der Waals surface area (Å²) in [6.07, 6.45) is -1.13. The minimum absolute atomic E-state index is 0.140. The van der Waals surface area contributed by atoms with Crippen LogP contribution in [-0.4, -0.2) is 21.0 Å². The van der Waals surface area contributed by atoms with Gasteiger partial charge in [-0.3, -0.25) is 9.59 Å². The Morgan fingerprint density at radius 3 is 2.85 bits per heavy atom. The summed E-state index contributed by atoms with van der Waals surface area (Å²) in [7, 11) is 0. The van der Waals surface area contributed by atoms with Crippen molar-refractivity contribution < 1.29 is 9.90 Å². The van der Waals surface area contributed by atoms with Gasteiger partial charge in [0.05, 0.1) is 0 Å². The molecule has 0 saturated carbocycles. The standard InChI is InChI=1S/C12H10N4O3S/c13-8-4-9(17)16-12(15-8)20-5-1-2-6-7(3-5)14-11(19)10(6)18/h1-4,10,18H,(H,14,19)(H3,13,15,16,17). The Labute approximate surface area is 117 Å². The lowest BCUT2D eigenvalue weighted by Crippen LogP contribution is -2.10. The fourth-order valence-corrected chi connectivity index (χ4v) is 2.74. The van der Waals surface area contributed by atoms with Gasteiger partial charge in [0.15, 0.2) is 11.3 Å². The molecule has 1 amide bonds. The van der Waals surface area contributed by atoms with Crippen LogP contribution in [0.4, 0.5) is 11.5 Å². The molecule has 1 aromatic heterocycles. The summed E-state index contributed by atoms with van der Waals surface area (Å²) in [5.41, 5.74) is 6.27. The van der Waals surface area contributed by atoms with Gasteiger partial charge in [-0.1, -0.05) is 17.8 Å². The van der Waals surface area contributed by atoms with Gasteiger partial charge in [-0.25, -0.2) is 4.98 Å². The predicted molar refractivity (Wildman–Crippen MR) is 73.4 cm³/mol. The van der Waals surface area contributed by atoms with Crippen LogP contribution in [0.15, 0.2) is 39.1 Å². The molecule has 2 aromatic rings. The SMILES string of the molecule is Nc1cc(=O)[nH]c(Sc2ccc3c(c2)NC(=O)C3O)n1. The van der Waals surface area contributed by atoms with Crippen molar-refractivity contribution in [1.82, 2.24) is 9.97 Å². The zero-order chi connectivity index (χ0) is 14.3. The molecule has 1 aliphatic heterocycles. The van der Waals surface area contributed by atoms with Crippen LogP contribution in [-0.2, 0) is 4.79 Å². The average molecular weight is 290 g/mol. The minimum atomic E-state index is -1.13. The first kappa shape index (κ1) is 12.7. The Kier molecular flexibility index (Phi) is 2.96. The second kappa shape index (κ2) is 4.66. The zero-order valence-electron chi connectivity index (χ0n) is 10.1. The number of nitrogen functional groups attached to an aromatic ring is 1. The first-order valence-corrected chi connectivity index (χ1v) is 6.52. The molecule has 2 heterocycles. The smallest absolute Gasteiger partial charge is 0.257 e. The van der Waals surface area contributed by atoms with Crippen LogP contribution in [0.5, 0.6) is 0 Å². The van der Waals surface area contributed by atoms with E-state index in [2.05, 4.69) is 15.3 Å². The van der Waals surface area contributed by atoms with Crippen LogP contribution in [0.25, 0.3) is 0 Å². The summed E-state index contributed by atoms with van der Waals surface area (Å²) < 4.78 is 0. The Hall–Kier alpha value is -2.32. The number of amides is 1. The van der Waals surface area contributed by atoms with Crippen molar-refractivity contribution in [2.45, 2.75) is 16.2 Å². The highest BCUT2D eigenvalue weighted by Gasteiger charge is 2.28. The van der Waals surface area contributed by atoms with E-state index in [9.17, 15) is 14.7 Å². The molecule has 0 spiro atoms. The van der Waals surface area contributed by atoms with Crippen LogP contribution in [0.1, 0.15) is 11.7 Å². The largest absolute Gasteiger partial charge is 0.383 e. The number of H-pyrrole nitrogens is 1. The molecule has 20 heavy (non-hydrogen) atoms. The second-order valence-electron chi connectivity index (χ2n) is 4.22. The maximum Gasteiger partial charge on any atom is 0.257 e. The molecule has 0 bridgehead atoms. The highest BCUT2D eigenvalue weighted by Crippen LogP contribution is 2.35. The fourth-order valence-electron chi connectivity index (χ4n) is 1.90. The maximum absolute atomic E-state index is 11.3. The zero-order valence-corrected chi connectivity index (χ0v) is 10.9. The van der Waals surface area contributed by atoms with Crippen LogP contribution >= 0.6 is 11.8 Å². The lowest BCUT2D eigenvalue weighted by molar-refractivity contribution is -0.123. The van der Waals surface area contributed by atoms with Gasteiger partial charge < -0.3 is 21.1 Å². The normalized spacial score (nSPS) is 16.9. The molecule has 0 fully saturated rings. The van der Waals surface area contributed by atoms with E-state index in [0.29, 0.717) is 16.4 Å². The topological polar surface area (TPSA) is 121 Å². The number of benzene rings is 1. The molecule has 102 valence electrons. The molecule has 7 nitrogen and oxygen atoms in total. The summed E-state index contributed by atoms with van der Waals surface area (Å²) in [5.74, 6) is -0.307. The third-order valence-corrected chi connectivity index (χ3v) is 3.66. The molecular formula is C12H10N4O3S. The highest BCUT2D eigenvalue weighted by molar-refractivity contribution is 7.99. The number of hydrogen-bond acceptors (Lipinski definition) is 6. The van der Waals surface area contributed by atoms with E-state index in [1.54, 1.807) is 18.2 Å².